The monoisotopic (exact) mass is 316 g/mol. The van der Waals surface area contributed by atoms with E-state index in [4.69, 9.17) is 15.2 Å². The van der Waals surface area contributed by atoms with Gasteiger partial charge in [-0.05, 0) is 25.5 Å². The second-order valence-electron chi connectivity index (χ2n) is 4.72. The second-order valence-corrected chi connectivity index (χ2v) is 4.72. The molecule has 3 N–H and O–H groups in total. The van der Waals surface area contributed by atoms with Crippen LogP contribution in [0.15, 0.2) is 24.3 Å². The van der Waals surface area contributed by atoms with E-state index in [0.717, 1.165) is 6.42 Å². The standard InChI is InChI=1S/C15H24N2O3.ClH/c1-4-7-12(16)15(18)17-10-11(2)20-14-9-6-5-8-13(14)19-3;/h5-6,8-9,11-12H,4,7,10,16H2,1-3H3,(H,17,18);1H. The van der Waals surface area contributed by atoms with Crippen LogP contribution < -0.4 is 20.5 Å². The summed E-state index contributed by atoms with van der Waals surface area (Å²) in [6.07, 6.45) is 1.42. The molecule has 0 bridgehead atoms. The Morgan fingerprint density at radius 3 is 2.52 bits per heavy atom. The van der Waals surface area contributed by atoms with E-state index in [1.807, 2.05) is 38.1 Å². The number of nitrogens with two attached hydrogens (primary N) is 1. The Kier molecular flexibility index (Phi) is 9.58. The van der Waals surface area contributed by atoms with Crippen molar-refractivity contribution in [3.8, 4) is 11.5 Å². The van der Waals surface area contributed by atoms with Crippen molar-refractivity contribution in [2.45, 2.75) is 38.8 Å². The summed E-state index contributed by atoms with van der Waals surface area (Å²) in [5.74, 6) is 1.20. The number of para-hydroxylation sites is 2. The maximum atomic E-state index is 11.7. The molecule has 0 heterocycles. The van der Waals surface area contributed by atoms with Crippen molar-refractivity contribution in [3.63, 3.8) is 0 Å². The molecule has 5 nitrogen and oxygen atoms in total. The van der Waals surface area contributed by atoms with Gasteiger partial charge in [0.05, 0.1) is 19.7 Å². The molecule has 120 valence electrons. The SMILES string of the molecule is CCCC(N)C(=O)NCC(C)Oc1ccccc1OC.Cl. The van der Waals surface area contributed by atoms with Gasteiger partial charge in [0, 0.05) is 0 Å². The van der Waals surface area contributed by atoms with Crippen LogP contribution >= 0.6 is 12.4 Å². The first-order chi connectivity index (χ1) is 9.58. The number of benzene rings is 1. The van der Waals surface area contributed by atoms with Crippen LogP contribution in [0.2, 0.25) is 0 Å². The van der Waals surface area contributed by atoms with Gasteiger partial charge in [-0.1, -0.05) is 25.5 Å². The van der Waals surface area contributed by atoms with Crippen LogP contribution in [0.3, 0.4) is 0 Å². The number of carbonyl (C=O) groups excluding carboxylic acids is 1. The predicted molar refractivity (Wildman–Crippen MR) is 86.2 cm³/mol. The Hall–Kier alpha value is -1.46. The summed E-state index contributed by atoms with van der Waals surface area (Å²) >= 11 is 0. The van der Waals surface area contributed by atoms with E-state index >= 15 is 0 Å². The zero-order valence-electron chi connectivity index (χ0n) is 12.8. The molecular weight excluding hydrogens is 292 g/mol. The largest absolute Gasteiger partial charge is 0.493 e. The number of nitrogens with one attached hydrogen (secondary N) is 1. The summed E-state index contributed by atoms with van der Waals surface area (Å²) in [7, 11) is 1.60. The van der Waals surface area contributed by atoms with Gasteiger partial charge in [-0.15, -0.1) is 12.4 Å². The van der Waals surface area contributed by atoms with Gasteiger partial charge in [0.1, 0.15) is 6.10 Å². The molecule has 1 amide bonds. The van der Waals surface area contributed by atoms with Gasteiger partial charge in [-0.25, -0.2) is 0 Å². The van der Waals surface area contributed by atoms with E-state index in [1.165, 1.54) is 0 Å². The lowest BCUT2D eigenvalue weighted by molar-refractivity contribution is -0.122. The number of rotatable bonds is 8. The third-order valence-electron chi connectivity index (χ3n) is 2.90. The van der Waals surface area contributed by atoms with Crippen LogP contribution in [0, 0.1) is 0 Å². The Morgan fingerprint density at radius 1 is 1.33 bits per heavy atom. The number of methoxy groups -OCH3 is 1. The molecule has 1 rings (SSSR count). The fourth-order valence-corrected chi connectivity index (χ4v) is 1.79. The van der Waals surface area contributed by atoms with Crippen molar-refractivity contribution >= 4 is 18.3 Å². The normalized spacial score (nSPS) is 12.8. The van der Waals surface area contributed by atoms with Gasteiger partial charge < -0.3 is 20.5 Å². The smallest absolute Gasteiger partial charge is 0.237 e. The highest BCUT2D eigenvalue weighted by atomic mass is 35.5. The summed E-state index contributed by atoms with van der Waals surface area (Å²) in [6.45, 7) is 4.30. The molecule has 0 aliphatic carbocycles. The van der Waals surface area contributed by atoms with Crippen LogP contribution in [0.1, 0.15) is 26.7 Å². The van der Waals surface area contributed by atoms with E-state index in [1.54, 1.807) is 7.11 Å². The van der Waals surface area contributed by atoms with Gasteiger partial charge in [-0.3, -0.25) is 4.79 Å². The molecule has 0 spiro atoms. The van der Waals surface area contributed by atoms with Crippen LogP contribution in [-0.4, -0.2) is 31.7 Å². The molecule has 0 aromatic heterocycles. The molecule has 0 aliphatic heterocycles. The van der Waals surface area contributed by atoms with Gasteiger partial charge in [-0.2, -0.15) is 0 Å². The van der Waals surface area contributed by atoms with Crippen LogP contribution in [0.5, 0.6) is 11.5 Å². The predicted octanol–water partition coefficient (Wildman–Crippen LogP) is 2.13. The molecule has 6 heteroatoms. The Morgan fingerprint density at radius 2 is 1.95 bits per heavy atom. The van der Waals surface area contributed by atoms with Crippen molar-refractivity contribution in [2.75, 3.05) is 13.7 Å². The second kappa shape index (κ2) is 10.3. The number of hydrogen-bond donors (Lipinski definition) is 2. The maximum Gasteiger partial charge on any atom is 0.237 e. The molecule has 21 heavy (non-hydrogen) atoms. The first-order valence-electron chi connectivity index (χ1n) is 6.91. The zero-order valence-corrected chi connectivity index (χ0v) is 13.6. The lowest BCUT2D eigenvalue weighted by atomic mass is 10.1. The zero-order chi connectivity index (χ0) is 15.0. The number of ether oxygens (including phenoxy) is 2. The number of carbonyl (C=O) groups is 1. The van der Waals surface area contributed by atoms with Crippen molar-refractivity contribution in [3.05, 3.63) is 24.3 Å². The first kappa shape index (κ1) is 19.5. The van der Waals surface area contributed by atoms with Crippen molar-refractivity contribution < 1.29 is 14.3 Å². The molecular formula is C15H25ClN2O3. The third-order valence-corrected chi connectivity index (χ3v) is 2.90. The average molecular weight is 317 g/mol. The first-order valence-corrected chi connectivity index (χ1v) is 6.91. The average Bonchev–Trinajstić information content (AvgIpc) is 2.45. The minimum atomic E-state index is -0.446. The lowest BCUT2D eigenvalue weighted by Gasteiger charge is -2.18. The number of amides is 1. The summed E-state index contributed by atoms with van der Waals surface area (Å²) in [5.41, 5.74) is 5.74. The van der Waals surface area contributed by atoms with Gasteiger partial charge in [0.15, 0.2) is 11.5 Å². The van der Waals surface area contributed by atoms with E-state index in [0.29, 0.717) is 24.5 Å². The van der Waals surface area contributed by atoms with E-state index in [2.05, 4.69) is 5.32 Å². The van der Waals surface area contributed by atoms with Crippen molar-refractivity contribution in [2.24, 2.45) is 5.73 Å². The van der Waals surface area contributed by atoms with Crippen LogP contribution in [-0.2, 0) is 4.79 Å². The third kappa shape index (κ3) is 6.69. The molecule has 0 radical (unpaired) electrons. The molecule has 0 saturated carbocycles. The highest BCUT2D eigenvalue weighted by Gasteiger charge is 2.14. The van der Waals surface area contributed by atoms with Gasteiger partial charge >= 0.3 is 0 Å². The molecule has 2 unspecified atom stereocenters. The minimum absolute atomic E-state index is 0. The van der Waals surface area contributed by atoms with E-state index < -0.39 is 6.04 Å². The van der Waals surface area contributed by atoms with Crippen molar-refractivity contribution in [1.82, 2.24) is 5.32 Å². The highest BCUT2D eigenvalue weighted by Crippen LogP contribution is 2.26. The molecule has 0 fully saturated rings. The summed E-state index contributed by atoms with van der Waals surface area (Å²) in [5, 5.41) is 2.79. The van der Waals surface area contributed by atoms with Crippen LogP contribution in [0.4, 0.5) is 0 Å². The van der Waals surface area contributed by atoms with E-state index in [9.17, 15) is 4.79 Å². The Bertz CT molecular complexity index is 429. The summed E-state index contributed by atoms with van der Waals surface area (Å²) < 4.78 is 11.0. The maximum absolute atomic E-state index is 11.7. The minimum Gasteiger partial charge on any atom is -0.493 e. The summed E-state index contributed by atoms with van der Waals surface area (Å²) in [6, 6.07) is 6.97. The molecule has 0 aliphatic rings. The number of hydrogen-bond acceptors (Lipinski definition) is 4. The molecule has 1 aromatic carbocycles. The topological polar surface area (TPSA) is 73.6 Å². The molecule has 0 saturated heterocycles. The van der Waals surface area contributed by atoms with Gasteiger partial charge in [0.2, 0.25) is 5.91 Å². The van der Waals surface area contributed by atoms with Crippen molar-refractivity contribution in [1.29, 1.82) is 0 Å². The quantitative estimate of drug-likeness (QED) is 0.770. The van der Waals surface area contributed by atoms with Gasteiger partial charge in [0.25, 0.3) is 0 Å². The Labute approximate surface area is 132 Å². The lowest BCUT2D eigenvalue weighted by Crippen LogP contribution is -2.43. The summed E-state index contributed by atoms with van der Waals surface area (Å²) in [4.78, 5) is 11.7. The fraction of sp³-hybridized carbons (Fsp3) is 0.533. The fourth-order valence-electron chi connectivity index (χ4n) is 1.79. The van der Waals surface area contributed by atoms with E-state index in [-0.39, 0.29) is 24.4 Å². The Balaban J connectivity index is 0.00000400. The molecule has 1 aromatic rings. The number of halogens is 1. The van der Waals surface area contributed by atoms with Crippen LogP contribution in [0.25, 0.3) is 0 Å². The highest BCUT2D eigenvalue weighted by molar-refractivity contribution is 5.85. The molecule has 2 atom stereocenters.